The van der Waals surface area contributed by atoms with Gasteiger partial charge in [0.1, 0.15) is 0 Å². The smallest absolute Gasteiger partial charge is 0.218 e. The van der Waals surface area contributed by atoms with Crippen LogP contribution in [0, 0.1) is 0 Å². The fraction of sp³-hybridized carbons (Fsp3) is 0.250. The van der Waals surface area contributed by atoms with Crippen molar-refractivity contribution in [1.82, 2.24) is 0 Å². The van der Waals surface area contributed by atoms with Gasteiger partial charge in [0.2, 0.25) is 0 Å². The molecular weight excluding hydrogens is 313 g/mol. The topological polar surface area (TPSA) is 0 Å². The number of hydrogen-bond acceptors (Lipinski definition) is 0. The van der Waals surface area contributed by atoms with Gasteiger partial charge in [-0.15, -0.1) is 0 Å². The first kappa shape index (κ1) is 11.0. The largest absolute Gasteiger partial charge is 0.348 e. The molecule has 5 heteroatoms. The number of halogens is 5. The van der Waals surface area contributed by atoms with Crippen LogP contribution in [0.25, 0.3) is 0 Å². The van der Waals surface area contributed by atoms with E-state index < -0.39 is 9.41 Å². The van der Waals surface area contributed by atoms with Gasteiger partial charge in [-0.2, -0.15) is 8.78 Å². The van der Waals surface area contributed by atoms with Crippen molar-refractivity contribution in [2.75, 3.05) is 0 Å². The fourth-order valence-corrected chi connectivity index (χ4v) is 1.30. The van der Waals surface area contributed by atoms with Crippen LogP contribution in [0.5, 0.6) is 0 Å². The average Bonchev–Trinajstić information content (AvgIpc) is 2.04. The monoisotopic (exact) mass is 316 g/mol. The zero-order valence-corrected chi connectivity index (χ0v) is 9.45. The van der Waals surface area contributed by atoms with E-state index in [1.807, 2.05) is 15.9 Å². The molecule has 0 radical (unpaired) electrons. The van der Waals surface area contributed by atoms with E-state index in [9.17, 15) is 13.2 Å². The maximum absolute atomic E-state index is 13.4. The molecule has 1 atom stereocenters. The van der Waals surface area contributed by atoms with Gasteiger partial charge in [-0.1, -0.05) is 30.3 Å². The Morgan fingerprint density at radius 2 is 1.38 bits per heavy atom. The predicted molar refractivity (Wildman–Crippen MR) is 52.0 cm³/mol. The summed E-state index contributed by atoms with van der Waals surface area (Å²) >= 11 is 4.33. The molecule has 0 N–H and O–H groups in total. The first-order valence-electron chi connectivity index (χ1n) is 3.36. The zero-order chi connectivity index (χ0) is 10.1. The average molecular weight is 318 g/mol. The number of alkyl halides is 5. The zero-order valence-electron chi connectivity index (χ0n) is 6.28. The second-order valence-corrected chi connectivity index (χ2v) is 4.53. The van der Waals surface area contributed by atoms with Crippen LogP contribution >= 0.6 is 31.9 Å². The highest BCUT2D eigenvalue weighted by Gasteiger charge is 2.52. The highest BCUT2D eigenvalue weighted by Crippen LogP contribution is 2.49. The Morgan fingerprint density at radius 3 is 1.77 bits per heavy atom. The molecule has 0 saturated carbocycles. The van der Waals surface area contributed by atoms with Crippen molar-refractivity contribution >= 4 is 31.9 Å². The normalized spacial score (nSPS) is 16.7. The summed E-state index contributed by atoms with van der Waals surface area (Å²) < 4.78 is 35.9. The van der Waals surface area contributed by atoms with Crippen molar-refractivity contribution in [1.29, 1.82) is 0 Å². The molecule has 0 bridgehead atoms. The highest BCUT2D eigenvalue weighted by molar-refractivity contribution is 9.12. The van der Waals surface area contributed by atoms with E-state index in [4.69, 9.17) is 0 Å². The molecule has 0 aliphatic carbocycles. The first-order chi connectivity index (χ1) is 5.86. The van der Waals surface area contributed by atoms with Crippen LogP contribution in [-0.2, 0) is 4.58 Å². The molecule has 72 valence electrons. The van der Waals surface area contributed by atoms with Crippen LogP contribution in [0.3, 0.4) is 0 Å². The van der Waals surface area contributed by atoms with Crippen molar-refractivity contribution in [3.8, 4) is 0 Å². The van der Waals surface area contributed by atoms with Crippen LogP contribution < -0.4 is 0 Å². The van der Waals surface area contributed by atoms with Gasteiger partial charge >= 0.3 is 4.83 Å². The second-order valence-electron chi connectivity index (χ2n) is 2.44. The molecule has 0 heterocycles. The van der Waals surface area contributed by atoms with E-state index in [0.29, 0.717) is 0 Å². The fourth-order valence-electron chi connectivity index (χ4n) is 0.811. The van der Waals surface area contributed by atoms with Gasteiger partial charge < -0.3 is 0 Å². The molecule has 1 aromatic rings. The van der Waals surface area contributed by atoms with E-state index in [2.05, 4.69) is 15.9 Å². The summed E-state index contributed by atoms with van der Waals surface area (Å²) in [7, 11) is 0. The SMILES string of the molecule is FC(F)(Br)C(F)(Br)c1ccccc1. The number of benzene rings is 1. The summed E-state index contributed by atoms with van der Waals surface area (Å²) in [5, 5.41) is 0. The Bertz CT molecular complexity index is 279. The van der Waals surface area contributed by atoms with E-state index in [1.165, 1.54) is 24.3 Å². The van der Waals surface area contributed by atoms with E-state index >= 15 is 0 Å². The molecule has 0 aromatic heterocycles. The maximum atomic E-state index is 13.4. The molecule has 13 heavy (non-hydrogen) atoms. The predicted octanol–water partition coefficient (Wildman–Crippen LogP) is 4.19. The van der Waals surface area contributed by atoms with Gasteiger partial charge in [0, 0.05) is 5.56 Å². The molecule has 0 fully saturated rings. The van der Waals surface area contributed by atoms with Crippen molar-refractivity contribution in [2.24, 2.45) is 0 Å². The Kier molecular flexibility index (Phi) is 3.07. The van der Waals surface area contributed by atoms with Crippen molar-refractivity contribution in [2.45, 2.75) is 9.41 Å². The summed E-state index contributed by atoms with van der Waals surface area (Å²) in [5.41, 5.74) is -0.128. The van der Waals surface area contributed by atoms with Gasteiger partial charge in [0.25, 0.3) is 4.58 Å². The highest BCUT2D eigenvalue weighted by atomic mass is 79.9. The van der Waals surface area contributed by atoms with Crippen molar-refractivity contribution < 1.29 is 13.2 Å². The van der Waals surface area contributed by atoms with Crippen LogP contribution in [0.1, 0.15) is 5.56 Å². The van der Waals surface area contributed by atoms with Gasteiger partial charge in [-0.25, -0.2) is 4.39 Å². The quantitative estimate of drug-likeness (QED) is 0.717. The lowest BCUT2D eigenvalue weighted by molar-refractivity contribution is 0.00241. The Labute approximate surface area is 90.4 Å². The molecule has 0 aliphatic heterocycles. The summed E-state index contributed by atoms with van der Waals surface area (Å²) in [5.74, 6) is 0. The summed E-state index contributed by atoms with van der Waals surface area (Å²) in [6.07, 6.45) is 0. The van der Waals surface area contributed by atoms with Crippen LogP contribution in [0.2, 0.25) is 0 Å². The van der Waals surface area contributed by atoms with Gasteiger partial charge in [-0.05, 0) is 31.9 Å². The molecule has 1 aromatic carbocycles. The molecule has 1 rings (SSSR count). The third-order valence-electron chi connectivity index (χ3n) is 1.49. The summed E-state index contributed by atoms with van der Waals surface area (Å²) in [6, 6.07) is 7.17. The molecule has 0 amide bonds. The van der Waals surface area contributed by atoms with Gasteiger partial charge in [0.15, 0.2) is 0 Å². The van der Waals surface area contributed by atoms with E-state index in [-0.39, 0.29) is 5.56 Å². The Balaban J connectivity index is 3.08. The minimum Gasteiger partial charge on any atom is -0.218 e. The Hall–Kier alpha value is -0.0300. The lowest BCUT2D eigenvalue weighted by Crippen LogP contribution is -2.30. The summed E-state index contributed by atoms with van der Waals surface area (Å²) in [6.45, 7) is 0. The first-order valence-corrected chi connectivity index (χ1v) is 4.94. The third kappa shape index (κ3) is 2.26. The van der Waals surface area contributed by atoms with Crippen LogP contribution in [0.4, 0.5) is 13.2 Å². The van der Waals surface area contributed by atoms with Gasteiger partial charge in [0.05, 0.1) is 0 Å². The maximum Gasteiger partial charge on any atom is 0.348 e. The van der Waals surface area contributed by atoms with Crippen LogP contribution in [0.15, 0.2) is 30.3 Å². The standard InChI is InChI=1S/C8H5Br2F3/c9-7(11,8(10,12)13)6-4-2-1-3-5-6/h1-5H. The lowest BCUT2D eigenvalue weighted by atomic mass is 10.1. The Morgan fingerprint density at radius 1 is 0.923 bits per heavy atom. The van der Waals surface area contributed by atoms with E-state index in [0.717, 1.165) is 0 Å². The minimum absolute atomic E-state index is 0.128. The second kappa shape index (κ2) is 3.61. The third-order valence-corrected chi connectivity index (χ3v) is 3.53. The van der Waals surface area contributed by atoms with Crippen molar-refractivity contribution in [3.05, 3.63) is 35.9 Å². The van der Waals surface area contributed by atoms with E-state index in [1.54, 1.807) is 6.07 Å². The minimum atomic E-state index is -3.64. The number of rotatable bonds is 2. The van der Waals surface area contributed by atoms with Crippen LogP contribution in [-0.4, -0.2) is 4.83 Å². The molecule has 0 aliphatic rings. The molecular formula is C8H5Br2F3. The summed E-state index contributed by atoms with van der Waals surface area (Å²) in [4.78, 5) is -3.64. The van der Waals surface area contributed by atoms with Gasteiger partial charge in [-0.3, -0.25) is 0 Å². The number of hydrogen-bond donors (Lipinski definition) is 0. The molecule has 0 spiro atoms. The lowest BCUT2D eigenvalue weighted by Gasteiger charge is -2.23. The molecule has 0 saturated heterocycles. The molecule has 0 nitrogen and oxygen atoms in total. The molecule has 1 unspecified atom stereocenters. The van der Waals surface area contributed by atoms with Crippen molar-refractivity contribution in [3.63, 3.8) is 0 Å².